The van der Waals surface area contributed by atoms with Gasteiger partial charge in [0.2, 0.25) is 0 Å². The van der Waals surface area contributed by atoms with Crippen LogP contribution in [0.25, 0.3) is 22.3 Å². The zero-order valence-corrected chi connectivity index (χ0v) is 17.1. The van der Waals surface area contributed by atoms with Gasteiger partial charge in [-0.05, 0) is 29.8 Å². The molecule has 0 radical (unpaired) electrons. The first kappa shape index (κ1) is 20.1. The fraction of sp³-hybridized carbons (Fsp3) is 0.318. The number of aliphatic hydroxyl groups is 1. The van der Waals surface area contributed by atoms with Crippen molar-refractivity contribution in [3.63, 3.8) is 0 Å². The van der Waals surface area contributed by atoms with Crippen LogP contribution >= 0.6 is 0 Å². The lowest BCUT2D eigenvalue weighted by Crippen LogP contribution is -2.32. The predicted molar refractivity (Wildman–Crippen MR) is 111 cm³/mol. The van der Waals surface area contributed by atoms with Crippen LogP contribution in [0.2, 0.25) is 0 Å². The number of benzene rings is 1. The van der Waals surface area contributed by atoms with E-state index in [9.17, 15) is 14.7 Å². The Balaban J connectivity index is 0.00000106. The first-order chi connectivity index (χ1) is 14.5. The lowest BCUT2D eigenvalue weighted by atomic mass is 9.98. The summed E-state index contributed by atoms with van der Waals surface area (Å²) in [6.45, 7) is 4.46. The van der Waals surface area contributed by atoms with Crippen molar-refractivity contribution in [2.24, 2.45) is 5.73 Å². The monoisotopic (exact) mass is 409 g/mol. The number of hydrogen-bond acceptors (Lipinski definition) is 7. The van der Waals surface area contributed by atoms with E-state index in [-0.39, 0.29) is 24.3 Å². The molecule has 4 heterocycles. The fourth-order valence-corrected chi connectivity index (χ4v) is 4.05. The van der Waals surface area contributed by atoms with Crippen LogP contribution in [0.4, 0.5) is 0 Å². The third-order valence-electron chi connectivity index (χ3n) is 5.49. The van der Waals surface area contributed by atoms with Crippen molar-refractivity contribution in [1.82, 2.24) is 9.55 Å². The van der Waals surface area contributed by atoms with Gasteiger partial charge in [-0.2, -0.15) is 0 Å². The summed E-state index contributed by atoms with van der Waals surface area (Å²) in [5.41, 5.74) is 10.1. The number of aromatic nitrogens is 2. The highest BCUT2D eigenvalue weighted by atomic mass is 16.5. The summed E-state index contributed by atoms with van der Waals surface area (Å²) < 4.78 is 11.8. The fourth-order valence-electron chi connectivity index (χ4n) is 4.05. The summed E-state index contributed by atoms with van der Waals surface area (Å²) in [7, 11) is 1.60. The van der Waals surface area contributed by atoms with Gasteiger partial charge in [0.05, 0.1) is 36.1 Å². The van der Waals surface area contributed by atoms with E-state index in [0.29, 0.717) is 29.2 Å². The maximum atomic E-state index is 13.0. The van der Waals surface area contributed by atoms with Crippen LogP contribution in [0.5, 0.6) is 5.75 Å². The second kappa shape index (κ2) is 7.55. The third kappa shape index (κ3) is 2.79. The molecule has 1 unspecified atom stereocenters. The molecule has 8 nitrogen and oxygen atoms in total. The molecule has 2 aliphatic heterocycles. The first-order valence-electron chi connectivity index (χ1n) is 9.84. The van der Waals surface area contributed by atoms with Gasteiger partial charge < -0.3 is 24.9 Å². The second-order valence-electron chi connectivity index (χ2n) is 6.87. The number of nitrogens with two attached hydrogens (primary N) is 1. The van der Waals surface area contributed by atoms with Gasteiger partial charge in [-0.3, -0.25) is 4.79 Å². The van der Waals surface area contributed by atoms with Crippen LogP contribution in [-0.4, -0.2) is 27.7 Å². The van der Waals surface area contributed by atoms with E-state index in [2.05, 4.69) is 0 Å². The molecule has 2 aromatic heterocycles. The molecule has 3 aromatic rings. The summed E-state index contributed by atoms with van der Waals surface area (Å²) >= 11 is 0. The van der Waals surface area contributed by atoms with Crippen molar-refractivity contribution >= 4 is 16.9 Å². The lowest BCUT2D eigenvalue weighted by Gasteiger charge is -2.21. The minimum Gasteiger partial charge on any atom is -0.497 e. The SMILES string of the molecule is CC.COc1ccc2nc3c(c(CN)c2c1)Cn1c-3cc2c(c1=O)COC(=O)C2O. The van der Waals surface area contributed by atoms with Crippen molar-refractivity contribution < 1.29 is 19.4 Å². The van der Waals surface area contributed by atoms with Gasteiger partial charge in [0.15, 0.2) is 6.10 Å². The molecule has 0 bridgehead atoms. The van der Waals surface area contributed by atoms with E-state index in [1.165, 1.54) is 0 Å². The Hall–Kier alpha value is -3.23. The van der Waals surface area contributed by atoms with Crippen LogP contribution in [0, 0.1) is 0 Å². The summed E-state index contributed by atoms with van der Waals surface area (Å²) in [6, 6.07) is 7.21. The summed E-state index contributed by atoms with van der Waals surface area (Å²) in [5, 5.41) is 11.1. The van der Waals surface area contributed by atoms with Crippen molar-refractivity contribution in [3.8, 4) is 17.1 Å². The van der Waals surface area contributed by atoms with Crippen molar-refractivity contribution in [2.75, 3.05) is 7.11 Å². The maximum absolute atomic E-state index is 13.0. The number of fused-ring (bicyclic) bond motifs is 5. The Kier molecular flexibility index (Phi) is 5.05. The van der Waals surface area contributed by atoms with Gasteiger partial charge in [0.25, 0.3) is 5.56 Å². The van der Waals surface area contributed by atoms with Gasteiger partial charge >= 0.3 is 5.97 Å². The molecule has 8 heteroatoms. The highest BCUT2D eigenvalue weighted by Crippen LogP contribution is 2.38. The highest BCUT2D eigenvalue weighted by Gasteiger charge is 2.34. The van der Waals surface area contributed by atoms with E-state index >= 15 is 0 Å². The molecule has 0 fully saturated rings. The normalized spacial score (nSPS) is 16.2. The largest absolute Gasteiger partial charge is 0.497 e. The van der Waals surface area contributed by atoms with Crippen molar-refractivity contribution in [1.29, 1.82) is 0 Å². The summed E-state index contributed by atoms with van der Waals surface area (Å²) in [6.07, 6.45) is -1.47. The second-order valence-corrected chi connectivity index (χ2v) is 6.87. The van der Waals surface area contributed by atoms with E-state index in [4.69, 9.17) is 20.2 Å². The quantitative estimate of drug-likeness (QED) is 0.486. The zero-order chi connectivity index (χ0) is 21.6. The molecule has 156 valence electrons. The Morgan fingerprint density at radius 1 is 1.27 bits per heavy atom. The van der Waals surface area contributed by atoms with E-state index in [1.807, 2.05) is 32.0 Å². The molecule has 1 atom stereocenters. The number of aliphatic hydroxyl groups excluding tert-OH is 1. The molecular weight excluding hydrogens is 386 g/mol. The van der Waals surface area contributed by atoms with Gasteiger partial charge in [-0.15, -0.1) is 0 Å². The molecule has 0 amide bonds. The number of nitrogens with zero attached hydrogens (tertiary/aromatic N) is 2. The zero-order valence-electron chi connectivity index (χ0n) is 17.1. The average molecular weight is 409 g/mol. The Morgan fingerprint density at radius 2 is 2.03 bits per heavy atom. The highest BCUT2D eigenvalue weighted by molar-refractivity contribution is 5.89. The number of methoxy groups -OCH3 is 1. The Bertz CT molecular complexity index is 1230. The van der Waals surface area contributed by atoms with E-state index in [0.717, 1.165) is 22.0 Å². The Labute approximate surface area is 172 Å². The minimum atomic E-state index is -1.47. The molecule has 1 aromatic carbocycles. The molecule has 2 aliphatic rings. The van der Waals surface area contributed by atoms with Crippen LogP contribution < -0.4 is 16.0 Å². The number of esters is 1. The number of cyclic esters (lactones) is 1. The lowest BCUT2D eigenvalue weighted by molar-refractivity contribution is -0.157. The van der Waals surface area contributed by atoms with Gasteiger partial charge in [-0.25, -0.2) is 9.78 Å². The van der Waals surface area contributed by atoms with E-state index in [1.54, 1.807) is 17.7 Å². The van der Waals surface area contributed by atoms with E-state index < -0.39 is 12.1 Å². The number of pyridine rings is 2. The van der Waals surface area contributed by atoms with Crippen LogP contribution in [0.3, 0.4) is 0 Å². The van der Waals surface area contributed by atoms with Crippen LogP contribution in [0.1, 0.15) is 42.2 Å². The van der Waals surface area contributed by atoms with Crippen LogP contribution in [-0.2, 0) is 29.2 Å². The van der Waals surface area contributed by atoms with Crippen molar-refractivity contribution in [2.45, 2.75) is 39.6 Å². The van der Waals surface area contributed by atoms with Gasteiger partial charge in [0.1, 0.15) is 12.4 Å². The molecule has 0 saturated heterocycles. The molecule has 3 N–H and O–H groups in total. The molecule has 5 rings (SSSR count). The van der Waals surface area contributed by atoms with Crippen molar-refractivity contribution in [3.05, 3.63) is 56.9 Å². The first-order valence-corrected chi connectivity index (χ1v) is 9.84. The number of carbonyl (C=O) groups is 1. The maximum Gasteiger partial charge on any atom is 0.340 e. The molecule has 0 saturated carbocycles. The topological polar surface area (TPSA) is 117 Å². The van der Waals surface area contributed by atoms with Crippen LogP contribution in [0.15, 0.2) is 29.1 Å². The standard InChI is InChI=1S/C20H17N3O5.C2H6/c1-27-9-2-3-15-10(4-9)12(6-21)13-7-23-16(17(13)22-15)5-11-14(19(23)25)8-28-20(26)18(11)24;1-2/h2-5,18,24H,6-8,21H2,1H3;1-2H3. The minimum absolute atomic E-state index is 0.142. The summed E-state index contributed by atoms with van der Waals surface area (Å²) in [4.78, 5) is 29.5. The van der Waals surface area contributed by atoms with Gasteiger partial charge in [-0.1, -0.05) is 13.8 Å². The number of carbonyl (C=O) groups excluding carboxylic acids is 1. The van der Waals surface area contributed by atoms with Gasteiger partial charge in [0, 0.05) is 23.1 Å². The predicted octanol–water partition coefficient (Wildman–Crippen LogP) is 2.01. The number of hydrogen-bond donors (Lipinski definition) is 2. The number of ether oxygens (including phenoxy) is 2. The average Bonchev–Trinajstić information content (AvgIpc) is 3.14. The molecule has 0 spiro atoms. The Morgan fingerprint density at radius 3 is 2.73 bits per heavy atom. The number of rotatable bonds is 2. The molecular formula is C22H23N3O5. The summed E-state index contributed by atoms with van der Waals surface area (Å²) in [5.74, 6) is -0.0536. The third-order valence-corrected chi connectivity index (χ3v) is 5.49. The molecule has 30 heavy (non-hydrogen) atoms. The molecule has 0 aliphatic carbocycles. The smallest absolute Gasteiger partial charge is 0.340 e.